The second-order valence-electron chi connectivity index (χ2n) is 6.02. The quantitative estimate of drug-likeness (QED) is 0.739. The van der Waals surface area contributed by atoms with Crippen LogP contribution >= 0.6 is 11.6 Å². The number of fused-ring (bicyclic) bond motifs is 1. The van der Waals surface area contributed by atoms with Gasteiger partial charge in [0.25, 0.3) is 0 Å². The molecule has 26 heavy (non-hydrogen) atoms. The third-order valence-corrected chi connectivity index (χ3v) is 4.58. The van der Waals surface area contributed by atoms with Crippen LogP contribution in [0, 0.1) is 5.92 Å². The Hall–Kier alpha value is -2.94. The molecule has 3 heterocycles. The summed E-state index contributed by atoms with van der Waals surface area (Å²) in [6, 6.07) is 5.10. The highest BCUT2D eigenvalue weighted by atomic mass is 35.5. The lowest BCUT2D eigenvalue weighted by molar-refractivity contribution is -0.120. The molecule has 0 spiro atoms. The van der Waals surface area contributed by atoms with Crippen molar-refractivity contribution in [2.24, 2.45) is 13.0 Å². The zero-order valence-corrected chi connectivity index (χ0v) is 14.9. The second kappa shape index (κ2) is 6.41. The topological polar surface area (TPSA) is 98.1 Å². The van der Waals surface area contributed by atoms with Gasteiger partial charge in [0.2, 0.25) is 5.91 Å². The van der Waals surface area contributed by atoms with Crippen LogP contribution in [-0.4, -0.2) is 51.1 Å². The fourth-order valence-electron chi connectivity index (χ4n) is 2.90. The van der Waals surface area contributed by atoms with Gasteiger partial charge in [-0.1, -0.05) is 16.8 Å². The van der Waals surface area contributed by atoms with E-state index in [9.17, 15) is 4.79 Å². The predicted molar refractivity (Wildman–Crippen MR) is 96.4 cm³/mol. The minimum absolute atomic E-state index is 0.0914. The number of aryl methyl sites for hydroxylation is 1. The number of ether oxygens (including phenoxy) is 1. The Labute approximate surface area is 153 Å². The molecule has 9 nitrogen and oxygen atoms in total. The van der Waals surface area contributed by atoms with Crippen LogP contribution in [0.2, 0.25) is 5.02 Å². The summed E-state index contributed by atoms with van der Waals surface area (Å²) in [7, 11) is 3.32. The van der Waals surface area contributed by atoms with Gasteiger partial charge in [0.05, 0.1) is 18.7 Å². The highest BCUT2D eigenvalue weighted by Gasteiger charge is 2.35. The number of methoxy groups -OCH3 is 1. The van der Waals surface area contributed by atoms with Crippen LogP contribution in [0.4, 0.5) is 11.5 Å². The van der Waals surface area contributed by atoms with Crippen molar-refractivity contribution in [2.75, 3.05) is 30.4 Å². The maximum absolute atomic E-state index is 12.5. The molecule has 10 heteroatoms. The Balaban J connectivity index is 1.46. The SMILES string of the molecule is COc1ccc(Cl)cc1NC(=O)C1CN(c2ncnc3c2nnn3C)C1. The Morgan fingerprint density at radius 1 is 1.35 bits per heavy atom. The van der Waals surface area contributed by atoms with Crippen molar-refractivity contribution < 1.29 is 9.53 Å². The number of nitrogens with one attached hydrogen (secondary N) is 1. The van der Waals surface area contributed by atoms with Crippen LogP contribution < -0.4 is 15.0 Å². The second-order valence-corrected chi connectivity index (χ2v) is 6.45. The molecule has 3 aromatic rings. The third kappa shape index (κ3) is 2.80. The Bertz CT molecular complexity index is 984. The number of aromatic nitrogens is 5. The highest BCUT2D eigenvalue weighted by Crippen LogP contribution is 2.31. The molecule has 0 saturated carbocycles. The van der Waals surface area contributed by atoms with E-state index < -0.39 is 0 Å². The van der Waals surface area contributed by atoms with E-state index in [4.69, 9.17) is 16.3 Å². The Kier molecular flexibility index (Phi) is 4.08. The monoisotopic (exact) mass is 373 g/mol. The average Bonchev–Trinajstić information content (AvgIpc) is 2.96. The number of halogens is 1. The van der Waals surface area contributed by atoms with Gasteiger partial charge in [-0.15, -0.1) is 5.10 Å². The van der Waals surface area contributed by atoms with Gasteiger partial charge in [-0.3, -0.25) is 4.79 Å². The lowest BCUT2D eigenvalue weighted by atomic mass is 9.99. The molecule has 134 valence electrons. The largest absolute Gasteiger partial charge is 0.495 e. The summed E-state index contributed by atoms with van der Waals surface area (Å²) in [5.41, 5.74) is 1.85. The maximum atomic E-state index is 12.5. The number of hydrogen-bond acceptors (Lipinski definition) is 7. The van der Waals surface area contributed by atoms with Gasteiger partial charge in [-0.2, -0.15) is 0 Å². The molecule has 4 rings (SSSR count). The normalized spacial score (nSPS) is 14.3. The van der Waals surface area contributed by atoms with Crippen molar-refractivity contribution in [3.63, 3.8) is 0 Å². The lowest BCUT2D eigenvalue weighted by Gasteiger charge is -2.38. The first-order chi connectivity index (χ1) is 12.6. The van der Waals surface area contributed by atoms with Crippen molar-refractivity contribution in [2.45, 2.75) is 0 Å². The molecular formula is C16H16ClN7O2. The van der Waals surface area contributed by atoms with Crippen LogP contribution in [0.5, 0.6) is 5.75 Å². The lowest BCUT2D eigenvalue weighted by Crippen LogP contribution is -2.52. The summed E-state index contributed by atoms with van der Waals surface area (Å²) in [4.78, 5) is 23.0. The predicted octanol–water partition coefficient (Wildman–Crippen LogP) is 1.50. The standard InChI is InChI=1S/C16H16ClN7O2/c1-23-14-13(21-22-23)15(19-8-18-14)24-6-9(7-24)16(25)20-11-5-10(17)3-4-12(11)26-2/h3-5,8-9H,6-7H2,1-2H3,(H,20,25). The summed E-state index contributed by atoms with van der Waals surface area (Å²) in [6.45, 7) is 1.08. The van der Waals surface area contributed by atoms with Crippen molar-refractivity contribution in [3.05, 3.63) is 29.5 Å². The summed E-state index contributed by atoms with van der Waals surface area (Å²) in [5, 5.41) is 11.5. The van der Waals surface area contributed by atoms with Crippen molar-refractivity contribution in [3.8, 4) is 5.75 Å². The smallest absolute Gasteiger partial charge is 0.231 e. The van der Waals surface area contributed by atoms with Crippen LogP contribution in [0.25, 0.3) is 11.2 Å². The third-order valence-electron chi connectivity index (χ3n) is 4.34. The maximum Gasteiger partial charge on any atom is 0.231 e. The van der Waals surface area contributed by atoms with E-state index >= 15 is 0 Å². The first-order valence-corrected chi connectivity index (χ1v) is 8.34. The number of carbonyl (C=O) groups excluding carboxylic acids is 1. The van der Waals surface area contributed by atoms with E-state index in [1.165, 1.54) is 6.33 Å². The number of hydrogen-bond donors (Lipinski definition) is 1. The van der Waals surface area contributed by atoms with Gasteiger partial charge in [0.1, 0.15) is 12.1 Å². The van der Waals surface area contributed by atoms with E-state index in [1.807, 2.05) is 4.90 Å². The number of carbonyl (C=O) groups is 1. The first-order valence-electron chi connectivity index (χ1n) is 7.96. The molecule has 0 radical (unpaired) electrons. The zero-order chi connectivity index (χ0) is 18.3. The van der Waals surface area contributed by atoms with E-state index in [1.54, 1.807) is 37.0 Å². The van der Waals surface area contributed by atoms with Crippen LogP contribution in [0.3, 0.4) is 0 Å². The summed E-state index contributed by atoms with van der Waals surface area (Å²) < 4.78 is 6.85. The highest BCUT2D eigenvalue weighted by molar-refractivity contribution is 6.31. The molecule has 0 atom stereocenters. The van der Waals surface area contributed by atoms with Gasteiger partial charge in [-0.25, -0.2) is 14.6 Å². The molecule has 1 amide bonds. The molecular weight excluding hydrogens is 358 g/mol. The van der Waals surface area contributed by atoms with E-state index in [0.717, 1.165) is 0 Å². The van der Waals surface area contributed by atoms with Gasteiger partial charge in [-0.05, 0) is 18.2 Å². The molecule has 1 fully saturated rings. The van der Waals surface area contributed by atoms with E-state index in [-0.39, 0.29) is 11.8 Å². The molecule has 0 aliphatic carbocycles. The summed E-state index contributed by atoms with van der Waals surface area (Å²) >= 11 is 6.00. The number of nitrogens with zero attached hydrogens (tertiary/aromatic N) is 6. The van der Waals surface area contributed by atoms with E-state index in [0.29, 0.717) is 46.5 Å². The minimum Gasteiger partial charge on any atom is -0.495 e. The van der Waals surface area contributed by atoms with Gasteiger partial charge < -0.3 is 15.0 Å². The molecule has 0 unspecified atom stereocenters. The fraction of sp³-hybridized carbons (Fsp3) is 0.312. The minimum atomic E-state index is -0.166. The number of anilines is 2. The number of amides is 1. The van der Waals surface area contributed by atoms with Crippen molar-refractivity contribution >= 4 is 40.2 Å². The number of benzene rings is 1. The summed E-state index contributed by atoms with van der Waals surface area (Å²) in [6.07, 6.45) is 1.48. The van der Waals surface area contributed by atoms with Gasteiger partial charge >= 0.3 is 0 Å². The molecule has 1 aliphatic rings. The molecule has 1 saturated heterocycles. The molecule has 0 bridgehead atoms. The first kappa shape index (κ1) is 16.5. The van der Waals surface area contributed by atoms with Crippen molar-refractivity contribution in [1.82, 2.24) is 25.0 Å². The van der Waals surface area contributed by atoms with Gasteiger partial charge in [0.15, 0.2) is 17.0 Å². The average molecular weight is 374 g/mol. The summed E-state index contributed by atoms with van der Waals surface area (Å²) in [5.74, 6) is 0.995. The molecule has 1 N–H and O–H groups in total. The molecule has 1 aromatic carbocycles. The van der Waals surface area contributed by atoms with Crippen molar-refractivity contribution in [1.29, 1.82) is 0 Å². The number of rotatable bonds is 4. The molecule has 2 aromatic heterocycles. The zero-order valence-electron chi connectivity index (χ0n) is 14.2. The van der Waals surface area contributed by atoms with Crippen LogP contribution in [0.1, 0.15) is 0 Å². The molecule has 1 aliphatic heterocycles. The Morgan fingerprint density at radius 3 is 2.92 bits per heavy atom. The van der Waals surface area contributed by atoms with Crippen LogP contribution in [-0.2, 0) is 11.8 Å². The Morgan fingerprint density at radius 2 is 2.15 bits per heavy atom. The fourth-order valence-corrected chi connectivity index (χ4v) is 3.07. The van der Waals surface area contributed by atoms with Crippen LogP contribution in [0.15, 0.2) is 24.5 Å². The van der Waals surface area contributed by atoms with Gasteiger partial charge in [0, 0.05) is 25.2 Å². The van der Waals surface area contributed by atoms with E-state index in [2.05, 4.69) is 25.6 Å².